The summed E-state index contributed by atoms with van der Waals surface area (Å²) >= 11 is 0. The number of hydrogen-bond donors (Lipinski definition) is 1. The molecular weight excluding hydrogens is 276 g/mol. The van der Waals surface area contributed by atoms with Gasteiger partial charge in [0.2, 0.25) is 0 Å². The van der Waals surface area contributed by atoms with Gasteiger partial charge >= 0.3 is 0 Å². The van der Waals surface area contributed by atoms with Gasteiger partial charge in [-0.1, -0.05) is 12.1 Å². The molecule has 0 aromatic heterocycles. The van der Waals surface area contributed by atoms with E-state index in [0.717, 1.165) is 23.3 Å². The molecule has 1 fully saturated rings. The summed E-state index contributed by atoms with van der Waals surface area (Å²) in [6.07, 6.45) is 0.719. The van der Waals surface area contributed by atoms with Crippen LogP contribution in [0.25, 0.3) is 0 Å². The molecule has 1 aromatic rings. The van der Waals surface area contributed by atoms with Crippen molar-refractivity contribution in [3.8, 4) is 5.75 Å². The lowest BCUT2D eigenvalue weighted by atomic mass is 10.1. The van der Waals surface area contributed by atoms with Crippen molar-refractivity contribution in [2.75, 3.05) is 25.7 Å². The molecule has 0 bridgehead atoms. The second kappa shape index (κ2) is 6.11. The fourth-order valence-electron chi connectivity index (χ4n) is 2.60. The van der Waals surface area contributed by atoms with E-state index in [1.807, 2.05) is 25.2 Å². The van der Waals surface area contributed by atoms with Crippen molar-refractivity contribution in [1.82, 2.24) is 4.90 Å². The van der Waals surface area contributed by atoms with Crippen LogP contribution in [-0.2, 0) is 22.9 Å². The maximum absolute atomic E-state index is 11.5. The number of nitrogens with zero attached hydrogens (tertiary/aromatic N) is 1. The normalized spacial score (nSPS) is 21.3. The van der Waals surface area contributed by atoms with Gasteiger partial charge in [0.15, 0.2) is 9.84 Å². The Labute approximate surface area is 120 Å². The molecule has 5 nitrogen and oxygen atoms in total. The smallest absolute Gasteiger partial charge is 0.151 e. The Morgan fingerprint density at radius 2 is 2.20 bits per heavy atom. The van der Waals surface area contributed by atoms with Crippen LogP contribution in [0, 0.1) is 0 Å². The van der Waals surface area contributed by atoms with Gasteiger partial charge in [0.1, 0.15) is 5.75 Å². The second-order valence-electron chi connectivity index (χ2n) is 5.32. The molecule has 0 amide bonds. The van der Waals surface area contributed by atoms with E-state index in [-0.39, 0.29) is 11.8 Å². The Kier molecular flexibility index (Phi) is 4.67. The number of hydrogen-bond acceptors (Lipinski definition) is 5. The number of ether oxygens (including phenoxy) is 1. The lowest BCUT2D eigenvalue weighted by Crippen LogP contribution is -2.32. The maximum Gasteiger partial charge on any atom is 0.151 e. The van der Waals surface area contributed by atoms with Gasteiger partial charge < -0.3 is 10.5 Å². The first-order valence-electron chi connectivity index (χ1n) is 6.71. The fourth-order valence-corrected chi connectivity index (χ4v) is 4.40. The number of nitrogens with two attached hydrogens (primary N) is 1. The fraction of sp³-hybridized carbons (Fsp3) is 0.571. The Bertz CT molecular complexity index is 572. The molecule has 0 radical (unpaired) electrons. The standard InChI is InChI=1S/C14H22N2O3S/c1-16(13-5-6-20(17,18)10-13)9-11-3-4-12(8-15)14(7-11)19-2/h3-4,7,13H,5-6,8-10,15H2,1-2H3. The number of rotatable bonds is 5. The van der Waals surface area contributed by atoms with Gasteiger partial charge in [-0.25, -0.2) is 8.42 Å². The van der Waals surface area contributed by atoms with Crippen LogP contribution in [0.3, 0.4) is 0 Å². The van der Waals surface area contributed by atoms with Crippen molar-refractivity contribution in [2.45, 2.75) is 25.6 Å². The molecule has 2 N–H and O–H groups in total. The molecule has 1 heterocycles. The van der Waals surface area contributed by atoms with Crippen molar-refractivity contribution >= 4 is 9.84 Å². The highest BCUT2D eigenvalue weighted by Crippen LogP contribution is 2.23. The molecule has 0 aliphatic carbocycles. The highest BCUT2D eigenvalue weighted by Gasteiger charge is 2.30. The molecule has 1 aliphatic rings. The molecule has 1 atom stereocenters. The summed E-state index contributed by atoms with van der Waals surface area (Å²) in [6.45, 7) is 1.15. The summed E-state index contributed by atoms with van der Waals surface area (Å²) < 4.78 is 28.4. The highest BCUT2D eigenvalue weighted by atomic mass is 32.2. The topological polar surface area (TPSA) is 72.6 Å². The summed E-state index contributed by atoms with van der Waals surface area (Å²) in [5, 5.41) is 0. The van der Waals surface area contributed by atoms with Gasteiger partial charge in [-0.2, -0.15) is 0 Å². The first kappa shape index (κ1) is 15.3. The first-order valence-corrected chi connectivity index (χ1v) is 8.54. The van der Waals surface area contributed by atoms with Crippen molar-refractivity contribution in [2.24, 2.45) is 5.73 Å². The molecule has 112 valence electrons. The molecule has 0 spiro atoms. The molecule has 0 saturated carbocycles. The summed E-state index contributed by atoms with van der Waals surface area (Å²) in [5.74, 6) is 1.36. The minimum Gasteiger partial charge on any atom is -0.496 e. The Morgan fingerprint density at radius 3 is 2.75 bits per heavy atom. The van der Waals surface area contributed by atoms with Crippen LogP contribution in [-0.4, -0.2) is 45.0 Å². The summed E-state index contributed by atoms with van der Waals surface area (Å²) in [5.41, 5.74) is 7.73. The van der Waals surface area contributed by atoms with Gasteiger partial charge in [-0.15, -0.1) is 0 Å². The Balaban J connectivity index is 2.06. The lowest BCUT2D eigenvalue weighted by Gasteiger charge is -2.23. The molecule has 1 aliphatic heterocycles. The highest BCUT2D eigenvalue weighted by molar-refractivity contribution is 7.91. The Hall–Kier alpha value is -1.11. The van der Waals surface area contributed by atoms with E-state index in [9.17, 15) is 8.42 Å². The molecule has 20 heavy (non-hydrogen) atoms. The van der Waals surface area contributed by atoms with E-state index < -0.39 is 9.84 Å². The minimum atomic E-state index is -2.84. The third kappa shape index (κ3) is 3.50. The molecule has 6 heteroatoms. The average molecular weight is 298 g/mol. The molecule has 1 saturated heterocycles. The van der Waals surface area contributed by atoms with E-state index >= 15 is 0 Å². The predicted octanol–water partition coefficient (Wildman–Crippen LogP) is 0.773. The first-order chi connectivity index (χ1) is 9.45. The predicted molar refractivity (Wildman–Crippen MR) is 79.4 cm³/mol. The van der Waals surface area contributed by atoms with E-state index in [2.05, 4.69) is 4.90 Å². The third-order valence-corrected chi connectivity index (χ3v) is 5.59. The van der Waals surface area contributed by atoms with Crippen molar-refractivity contribution in [3.63, 3.8) is 0 Å². The molecular formula is C14H22N2O3S. The van der Waals surface area contributed by atoms with Crippen molar-refractivity contribution < 1.29 is 13.2 Å². The molecule has 2 rings (SSSR count). The van der Waals surface area contributed by atoms with Crippen LogP contribution >= 0.6 is 0 Å². The zero-order chi connectivity index (χ0) is 14.8. The van der Waals surface area contributed by atoms with E-state index in [4.69, 9.17) is 10.5 Å². The van der Waals surface area contributed by atoms with Crippen LogP contribution < -0.4 is 10.5 Å². The zero-order valence-corrected chi connectivity index (χ0v) is 12.8. The van der Waals surface area contributed by atoms with Gasteiger partial charge in [0.25, 0.3) is 0 Å². The summed E-state index contributed by atoms with van der Waals surface area (Å²) in [7, 11) is 0.758. The largest absolute Gasteiger partial charge is 0.496 e. The average Bonchev–Trinajstić information content (AvgIpc) is 2.79. The number of methoxy groups -OCH3 is 1. The van der Waals surface area contributed by atoms with E-state index in [1.54, 1.807) is 7.11 Å². The maximum atomic E-state index is 11.5. The van der Waals surface area contributed by atoms with Crippen LogP contribution in [0.1, 0.15) is 17.5 Å². The number of benzene rings is 1. The van der Waals surface area contributed by atoms with Gasteiger partial charge in [-0.3, -0.25) is 4.90 Å². The van der Waals surface area contributed by atoms with Crippen LogP contribution in [0.4, 0.5) is 0 Å². The van der Waals surface area contributed by atoms with Crippen molar-refractivity contribution in [3.05, 3.63) is 29.3 Å². The van der Waals surface area contributed by atoms with Gasteiger partial charge in [0, 0.05) is 24.7 Å². The van der Waals surface area contributed by atoms with E-state index in [0.29, 0.717) is 18.8 Å². The second-order valence-corrected chi connectivity index (χ2v) is 7.55. The Morgan fingerprint density at radius 1 is 1.45 bits per heavy atom. The van der Waals surface area contributed by atoms with Gasteiger partial charge in [-0.05, 0) is 25.1 Å². The van der Waals surface area contributed by atoms with Gasteiger partial charge in [0.05, 0.1) is 18.6 Å². The third-order valence-electron chi connectivity index (χ3n) is 3.84. The van der Waals surface area contributed by atoms with Crippen LogP contribution in [0.5, 0.6) is 5.75 Å². The molecule has 1 unspecified atom stereocenters. The van der Waals surface area contributed by atoms with Crippen molar-refractivity contribution in [1.29, 1.82) is 0 Å². The summed E-state index contributed by atoms with van der Waals surface area (Å²) in [6, 6.07) is 6.07. The van der Waals surface area contributed by atoms with Crippen LogP contribution in [0.15, 0.2) is 18.2 Å². The van der Waals surface area contributed by atoms with Crippen LogP contribution in [0.2, 0.25) is 0 Å². The number of sulfone groups is 1. The minimum absolute atomic E-state index is 0.111. The quantitative estimate of drug-likeness (QED) is 0.869. The summed E-state index contributed by atoms with van der Waals surface area (Å²) in [4.78, 5) is 2.10. The lowest BCUT2D eigenvalue weighted by molar-refractivity contribution is 0.253. The van der Waals surface area contributed by atoms with E-state index in [1.165, 1.54) is 0 Å². The zero-order valence-electron chi connectivity index (χ0n) is 12.0. The SMILES string of the molecule is COc1cc(CN(C)C2CCS(=O)(=O)C2)ccc1CN. The molecule has 1 aromatic carbocycles. The monoisotopic (exact) mass is 298 g/mol.